The van der Waals surface area contributed by atoms with Gasteiger partial charge in [-0.05, 0) is 89.1 Å². The van der Waals surface area contributed by atoms with Crippen LogP contribution in [0.5, 0.6) is 11.5 Å². The van der Waals surface area contributed by atoms with Gasteiger partial charge in [-0.25, -0.2) is 4.39 Å². The minimum Gasteiger partial charge on any atom is -0.497 e. The van der Waals surface area contributed by atoms with E-state index in [1.54, 1.807) is 19.2 Å². The smallest absolute Gasteiger partial charge is 0.306 e. The van der Waals surface area contributed by atoms with E-state index < -0.39 is 0 Å². The van der Waals surface area contributed by atoms with Crippen LogP contribution in [0.4, 0.5) is 4.39 Å². The van der Waals surface area contributed by atoms with Crippen LogP contribution < -0.4 is 9.47 Å². The maximum absolute atomic E-state index is 15.0. The first kappa shape index (κ1) is 29.6. The molecule has 7 heteroatoms. The number of halogens is 1. The Kier molecular flexibility index (Phi) is 9.82. The van der Waals surface area contributed by atoms with E-state index in [1.807, 2.05) is 56.3 Å². The summed E-state index contributed by atoms with van der Waals surface area (Å²) in [5.74, 6) is 1.41. The Morgan fingerprint density at radius 2 is 1.82 bits per heavy atom. The van der Waals surface area contributed by atoms with Gasteiger partial charge in [-0.3, -0.25) is 4.79 Å². The molecular weight excluding hydrogens is 511 g/mol. The zero-order chi connectivity index (χ0) is 28.7. The van der Waals surface area contributed by atoms with Crippen molar-refractivity contribution in [3.8, 4) is 22.6 Å². The number of benzene rings is 3. The van der Waals surface area contributed by atoms with E-state index in [1.165, 1.54) is 13.2 Å². The molecule has 3 aromatic rings. The summed E-state index contributed by atoms with van der Waals surface area (Å²) < 4.78 is 36.8. The lowest BCUT2D eigenvalue weighted by Crippen LogP contribution is -2.23. The average Bonchev–Trinajstić information content (AvgIpc) is 3.79. The predicted octanol–water partition coefficient (Wildman–Crippen LogP) is 6.67. The van der Waals surface area contributed by atoms with Gasteiger partial charge in [0.25, 0.3) is 0 Å². The third kappa shape index (κ3) is 7.83. The lowest BCUT2D eigenvalue weighted by molar-refractivity contribution is -0.141. The standard InChI is InChI=1S/C33H39FO6/c1-33(2,20-39-21-35)18-25-14-22(8-12-28(25)30-16-26(37-3)11-13-31(30)34)19-40-27-7-5-6-24(15-27)29(23-9-10-23)17-32(36)38-4/h5-8,11-16,23,29,35H,9-10,17-21H2,1-4H3/t29-/m0/s1. The number of ether oxygens (including phenoxy) is 4. The van der Waals surface area contributed by atoms with Crippen molar-refractivity contribution < 1.29 is 33.2 Å². The Morgan fingerprint density at radius 1 is 1.02 bits per heavy atom. The second-order valence-corrected chi connectivity index (χ2v) is 11.2. The van der Waals surface area contributed by atoms with Crippen molar-refractivity contribution in [3.05, 3.63) is 83.2 Å². The summed E-state index contributed by atoms with van der Waals surface area (Å²) in [7, 11) is 2.99. The molecule has 0 aromatic heterocycles. The minimum absolute atomic E-state index is 0.128. The summed E-state index contributed by atoms with van der Waals surface area (Å²) in [5.41, 5.74) is 3.90. The van der Waals surface area contributed by atoms with Crippen LogP contribution in [0.2, 0.25) is 0 Å². The molecule has 0 heterocycles. The van der Waals surface area contributed by atoms with Crippen molar-refractivity contribution in [1.82, 2.24) is 0 Å². The molecule has 0 unspecified atom stereocenters. The number of carbonyl (C=O) groups is 1. The van der Waals surface area contributed by atoms with E-state index in [4.69, 9.17) is 24.1 Å². The fourth-order valence-corrected chi connectivity index (χ4v) is 5.19. The van der Waals surface area contributed by atoms with Gasteiger partial charge < -0.3 is 24.1 Å². The SMILES string of the molecule is COC(=O)C[C@H](c1cccc(OCc2ccc(-c3cc(OC)ccc3F)c(CC(C)(C)COCO)c2)c1)C1CC1. The molecule has 1 N–H and O–H groups in total. The molecule has 214 valence electrons. The van der Waals surface area contributed by atoms with Gasteiger partial charge in [0.15, 0.2) is 0 Å². The second kappa shape index (κ2) is 13.3. The van der Waals surface area contributed by atoms with Gasteiger partial charge in [-0.1, -0.05) is 44.2 Å². The van der Waals surface area contributed by atoms with Crippen molar-refractivity contribution in [2.24, 2.45) is 11.3 Å². The molecule has 1 aliphatic carbocycles. The lowest BCUT2D eigenvalue weighted by atomic mass is 9.83. The largest absolute Gasteiger partial charge is 0.497 e. The summed E-state index contributed by atoms with van der Waals surface area (Å²) in [6.45, 7) is 4.43. The molecule has 1 atom stereocenters. The van der Waals surface area contributed by atoms with Gasteiger partial charge in [0, 0.05) is 5.56 Å². The van der Waals surface area contributed by atoms with Crippen LogP contribution in [-0.2, 0) is 27.3 Å². The molecule has 1 saturated carbocycles. The van der Waals surface area contributed by atoms with Gasteiger partial charge in [-0.2, -0.15) is 0 Å². The van der Waals surface area contributed by atoms with Crippen molar-refractivity contribution >= 4 is 5.97 Å². The number of methoxy groups -OCH3 is 2. The second-order valence-electron chi connectivity index (χ2n) is 11.2. The maximum atomic E-state index is 15.0. The molecule has 40 heavy (non-hydrogen) atoms. The van der Waals surface area contributed by atoms with Crippen LogP contribution in [0, 0.1) is 17.2 Å². The molecule has 0 amide bonds. The number of aliphatic hydroxyl groups is 1. The van der Waals surface area contributed by atoms with Crippen LogP contribution in [0.15, 0.2) is 60.7 Å². The minimum atomic E-state index is -0.352. The zero-order valence-electron chi connectivity index (χ0n) is 23.7. The number of hydrogen-bond acceptors (Lipinski definition) is 6. The summed E-state index contributed by atoms with van der Waals surface area (Å²) in [4.78, 5) is 12.0. The van der Waals surface area contributed by atoms with Gasteiger partial charge in [0.1, 0.15) is 30.7 Å². The Balaban J connectivity index is 1.58. The summed E-state index contributed by atoms with van der Waals surface area (Å²) in [6.07, 6.45) is 3.20. The monoisotopic (exact) mass is 550 g/mol. The van der Waals surface area contributed by atoms with Gasteiger partial charge in [0.05, 0.1) is 27.2 Å². The van der Waals surface area contributed by atoms with Gasteiger partial charge in [-0.15, -0.1) is 0 Å². The van der Waals surface area contributed by atoms with Crippen molar-refractivity contribution in [2.45, 2.75) is 52.1 Å². The normalized spacial score (nSPS) is 14.1. The van der Waals surface area contributed by atoms with Crippen LogP contribution in [0.3, 0.4) is 0 Å². The molecule has 0 saturated heterocycles. The highest BCUT2D eigenvalue weighted by molar-refractivity contribution is 5.71. The Bertz CT molecular complexity index is 1300. The zero-order valence-corrected chi connectivity index (χ0v) is 23.7. The van der Waals surface area contributed by atoms with E-state index >= 15 is 0 Å². The molecule has 4 rings (SSSR count). The average molecular weight is 551 g/mol. The topological polar surface area (TPSA) is 74.2 Å². The molecular formula is C33H39FO6. The number of rotatable bonds is 14. The molecule has 0 spiro atoms. The van der Waals surface area contributed by atoms with Crippen LogP contribution in [-0.4, -0.2) is 38.7 Å². The quantitative estimate of drug-likeness (QED) is 0.178. The molecule has 0 aliphatic heterocycles. The number of hydrogen-bond donors (Lipinski definition) is 1. The fourth-order valence-electron chi connectivity index (χ4n) is 5.19. The highest BCUT2D eigenvalue weighted by atomic mass is 19.1. The first-order valence-corrected chi connectivity index (χ1v) is 13.7. The maximum Gasteiger partial charge on any atom is 0.306 e. The third-order valence-corrected chi connectivity index (χ3v) is 7.38. The van der Waals surface area contributed by atoms with Gasteiger partial charge in [0.2, 0.25) is 0 Å². The summed E-state index contributed by atoms with van der Waals surface area (Å²) in [6, 6.07) is 18.6. The first-order chi connectivity index (χ1) is 19.2. The van der Waals surface area contributed by atoms with Crippen LogP contribution >= 0.6 is 0 Å². The molecule has 1 aliphatic rings. The van der Waals surface area contributed by atoms with E-state index in [2.05, 4.69) is 0 Å². The van der Waals surface area contributed by atoms with Crippen molar-refractivity contribution in [1.29, 1.82) is 0 Å². The Labute approximate surface area is 236 Å². The predicted molar refractivity (Wildman–Crippen MR) is 152 cm³/mol. The number of esters is 1. The molecule has 1 fully saturated rings. The summed E-state index contributed by atoms with van der Waals surface area (Å²) in [5, 5.41) is 9.16. The fraction of sp³-hybridized carbons (Fsp3) is 0.424. The molecule has 0 radical (unpaired) electrons. The van der Waals surface area contributed by atoms with E-state index in [0.29, 0.717) is 43.3 Å². The van der Waals surface area contributed by atoms with E-state index in [0.717, 1.165) is 40.8 Å². The first-order valence-electron chi connectivity index (χ1n) is 13.7. The number of carbonyl (C=O) groups excluding carboxylic acids is 1. The molecule has 0 bridgehead atoms. The van der Waals surface area contributed by atoms with Gasteiger partial charge >= 0.3 is 5.97 Å². The highest BCUT2D eigenvalue weighted by Gasteiger charge is 2.34. The Morgan fingerprint density at radius 3 is 2.52 bits per heavy atom. The molecule has 3 aromatic carbocycles. The molecule has 6 nitrogen and oxygen atoms in total. The third-order valence-electron chi connectivity index (χ3n) is 7.38. The number of aliphatic hydroxyl groups excluding tert-OH is 1. The lowest BCUT2D eigenvalue weighted by Gasteiger charge is -2.26. The van der Waals surface area contributed by atoms with Crippen molar-refractivity contribution in [3.63, 3.8) is 0 Å². The van der Waals surface area contributed by atoms with E-state index in [-0.39, 0.29) is 29.9 Å². The summed E-state index contributed by atoms with van der Waals surface area (Å²) >= 11 is 0. The van der Waals surface area contributed by atoms with Crippen LogP contribution in [0.25, 0.3) is 11.1 Å². The highest BCUT2D eigenvalue weighted by Crippen LogP contribution is 2.45. The van der Waals surface area contributed by atoms with E-state index in [9.17, 15) is 9.18 Å². The Hall–Kier alpha value is -3.42. The van der Waals surface area contributed by atoms with Crippen LogP contribution in [0.1, 0.15) is 55.7 Å². The van der Waals surface area contributed by atoms with Crippen molar-refractivity contribution in [2.75, 3.05) is 27.6 Å².